The largest absolute Gasteiger partial charge is 0.351 e. The summed E-state index contributed by atoms with van der Waals surface area (Å²) in [6, 6.07) is 0.293. The number of hydrazine groups is 1. The highest BCUT2D eigenvalue weighted by Crippen LogP contribution is 2.28. The maximum Gasteiger partial charge on any atom is 0.239 e. The van der Waals surface area contributed by atoms with E-state index >= 15 is 0 Å². The molecule has 1 aliphatic heterocycles. The standard InChI is InChI=1S/C11H18FN5/c1-7-3-4-8(2)17(6-7)10-9(12)5-14-11(15-10)16-13/h5,7-8H,3-4,6,13H2,1-2H3,(H,14,15,16). The molecule has 6 heteroatoms. The van der Waals surface area contributed by atoms with Gasteiger partial charge >= 0.3 is 0 Å². The monoisotopic (exact) mass is 239 g/mol. The first-order chi connectivity index (χ1) is 8.11. The van der Waals surface area contributed by atoms with Crippen molar-refractivity contribution in [3.05, 3.63) is 12.0 Å². The van der Waals surface area contributed by atoms with Crippen molar-refractivity contribution in [3.8, 4) is 0 Å². The minimum Gasteiger partial charge on any atom is -0.351 e. The van der Waals surface area contributed by atoms with Crippen molar-refractivity contribution >= 4 is 11.8 Å². The van der Waals surface area contributed by atoms with E-state index < -0.39 is 5.82 Å². The molecule has 1 aromatic rings. The maximum atomic E-state index is 13.8. The van der Waals surface area contributed by atoms with Crippen molar-refractivity contribution in [2.45, 2.75) is 32.7 Å². The van der Waals surface area contributed by atoms with Crippen LogP contribution in [0.15, 0.2) is 6.20 Å². The normalized spacial score (nSPS) is 24.8. The van der Waals surface area contributed by atoms with Crippen LogP contribution >= 0.6 is 0 Å². The lowest BCUT2D eigenvalue weighted by Crippen LogP contribution is -2.42. The summed E-state index contributed by atoms with van der Waals surface area (Å²) < 4.78 is 13.8. The quantitative estimate of drug-likeness (QED) is 0.605. The molecule has 2 heterocycles. The topological polar surface area (TPSA) is 67.1 Å². The molecule has 0 spiro atoms. The van der Waals surface area contributed by atoms with Crippen LogP contribution in [0.25, 0.3) is 0 Å². The van der Waals surface area contributed by atoms with Gasteiger partial charge in [-0.1, -0.05) is 6.92 Å². The number of hydrogen-bond donors (Lipinski definition) is 2. The van der Waals surface area contributed by atoms with Crippen molar-refractivity contribution in [1.82, 2.24) is 9.97 Å². The van der Waals surface area contributed by atoms with Gasteiger partial charge in [-0.2, -0.15) is 4.98 Å². The Morgan fingerprint density at radius 2 is 2.24 bits per heavy atom. The fourth-order valence-electron chi connectivity index (χ4n) is 2.21. The number of rotatable bonds is 2. The Bertz CT molecular complexity index is 397. The van der Waals surface area contributed by atoms with E-state index in [-0.39, 0.29) is 5.95 Å². The minimum atomic E-state index is -0.398. The molecule has 3 N–H and O–H groups in total. The molecule has 0 saturated carbocycles. The number of anilines is 2. The van der Waals surface area contributed by atoms with Crippen LogP contribution in [0.3, 0.4) is 0 Å². The number of nitrogens with one attached hydrogen (secondary N) is 1. The summed E-state index contributed by atoms with van der Waals surface area (Å²) in [5.41, 5.74) is 2.34. The van der Waals surface area contributed by atoms with Crippen molar-refractivity contribution in [2.24, 2.45) is 11.8 Å². The average Bonchev–Trinajstić information content (AvgIpc) is 2.33. The lowest BCUT2D eigenvalue weighted by molar-refractivity contribution is 0.383. The number of nitrogens with zero attached hydrogens (tertiary/aromatic N) is 3. The van der Waals surface area contributed by atoms with E-state index in [1.165, 1.54) is 6.42 Å². The molecule has 1 saturated heterocycles. The molecule has 0 bridgehead atoms. The van der Waals surface area contributed by atoms with Gasteiger partial charge in [-0.15, -0.1) is 0 Å². The molecule has 0 aliphatic carbocycles. The second-order valence-electron chi connectivity index (χ2n) is 4.69. The van der Waals surface area contributed by atoms with Crippen molar-refractivity contribution < 1.29 is 4.39 Å². The van der Waals surface area contributed by atoms with E-state index in [9.17, 15) is 4.39 Å². The van der Waals surface area contributed by atoms with E-state index in [4.69, 9.17) is 5.84 Å². The van der Waals surface area contributed by atoms with Crippen molar-refractivity contribution in [1.29, 1.82) is 0 Å². The third kappa shape index (κ3) is 2.46. The Balaban J connectivity index is 2.30. The second kappa shape index (κ2) is 4.83. The van der Waals surface area contributed by atoms with Crippen LogP contribution in [0.2, 0.25) is 0 Å². The molecule has 5 nitrogen and oxygen atoms in total. The molecular weight excluding hydrogens is 221 g/mol. The number of halogens is 1. The molecule has 1 aromatic heterocycles. The Morgan fingerprint density at radius 1 is 1.47 bits per heavy atom. The third-order valence-electron chi connectivity index (χ3n) is 3.24. The molecule has 2 rings (SSSR count). The number of aromatic nitrogens is 2. The Kier molecular flexibility index (Phi) is 3.42. The van der Waals surface area contributed by atoms with Crippen molar-refractivity contribution in [3.63, 3.8) is 0 Å². The molecular formula is C11H18FN5. The molecule has 17 heavy (non-hydrogen) atoms. The van der Waals surface area contributed by atoms with Gasteiger partial charge in [0.15, 0.2) is 11.6 Å². The van der Waals surface area contributed by atoms with Crippen LogP contribution in [0, 0.1) is 11.7 Å². The van der Waals surface area contributed by atoms with E-state index in [0.29, 0.717) is 17.8 Å². The van der Waals surface area contributed by atoms with E-state index in [2.05, 4.69) is 29.2 Å². The van der Waals surface area contributed by atoms with Gasteiger partial charge in [0.2, 0.25) is 5.95 Å². The zero-order valence-corrected chi connectivity index (χ0v) is 10.2. The molecule has 0 radical (unpaired) electrons. The van der Waals surface area contributed by atoms with Crippen LogP contribution in [0.4, 0.5) is 16.2 Å². The molecule has 94 valence electrons. The lowest BCUT2D eigenvalue weighted by Gasteiger charge is -2.37. The summed E-state index contributed by atoms with van der Waals surface area (Å²) >= 11 is 0. The van der Waals surface area contributed by atoms with Gasteiger partial charge in [0.1, 0.15) is 0 Å². The molecule has 1 fully saturated rings. The van der Waals surface area contributed by atoms with Crippen LogP contribution in [-0.4, -0.2) is 22.6 Å². The third-order valence-corrected chi connectivity index (χ3v) is 3.24. The summed E-state index contributed by atoms with van der Waals surface area (Å²) in [6.45, 7) is 5.07. The summed E-state index contributed by atoms with van der Waals surface area (Å²) in [5, 5.41) is 0. The predicted octanol–water partition coefficient (Wildman–Crippen LogP) is 1.53. The first-order valence-electron chi connectivity index (χ1n) is 5.87. The molecule has 2 unspecified atom stereocenters. The summed E-state index contributed by atoms with van der Waals surface area (Å²) in [7, 11) is 0. The summed E-state index contributed by atoms with van der Waals surface area (Å²) in [5.74, 6) is 5.98. The smallest absolute Gasteiger partial charge is 0.239 e. The molecule has 0 aromatic carbocycles. The maximum absolute atomic E-state index is 13.8. The summed E-state index contributed by atoms with van der Waals surface area (Å²) in [4.78, 5) is 9.84. The summed E-state index contributed by atoms with van der Waals surface area (Å²) in [6.07, 6.45) is 3.38. The zero-order chi connectivity index (χ0) is 12.4. The Labute approximate surface area is 100 Å². The SMILES string of the molecule is CC1CCC(C)N(c2nc(NN)ncc2F)C1. The Morgan fingerprint density at radius 3 is 2.94 bits per heavy atom. The van der Waals surface area contributed by atoms with Gasteiger partial charge < -0.3 is 4.90 Å². The van der Waals surface area contributed by atoms with E-state index in [1.54, 1.807) is 0 Å². The van der Waals surface area contributed by atoms with Gasteiger partial charge in [-0.05, 0) is 25.7 Å². The van der Waals surface area contributed by atoms with Gasteiger partial charge in [0.25, 0.3) is 0 Å². The van der Waals surface area contributed by atoms with E-state index in [0.717, 1.165) is 19.2 Å². The zero-order valence-electron chi connectivity index (χ0n) is 10.2. The van der Waals surface area contributed by atoms with Crippen LogP contribution in [0.5, 0.6) is 0 Å². The van der Waals surface area contributed by atoms with Crippen LogP contribution < -0.4 is 16.2 Å². The number of hydrogen-bond acceptors (Lipinski definition) is 5. The van der Waals surface area contributed by atoms with Crippen LogP contribution in [0.1, 0.15) is 26.7 Å². The highest BCUT2D eigenvalue weighted by molar-refractivity contribution is 5.45. The predicted molar refractivity (Wildman–Crippen MR) is 65.0 cm³/mol. The van der Waals surface area contributed by atoms with Gasteiger partial charge in [-0.3, -0.25) is 5.43 Å². The highest BCUT2D eigenvalue weighted by atomic mass is 19.1. The van der Waals surface area contributed by atoms with Gasteiger partial charge in [0, 0.05) is 12.6 Å². The van der Waals surface area contributed by atoms with Crippen LogP contribution in [-0.2, 0) is 0 Å². The first kappa shape index (κ1) is 12.0. The second-order valence-corrected chi connectivity index (χ2v) is 4.69. The fourth-order valence-corrected chi connectivity index (χ4v) is 2.21. The number of nitrogen functional groups attached to an aromatic ring is 1. The highest BCUT2D eigenvalue weighted by Gasteiger charge is 2.26. The van der Waals surface area contributed by atoms with Gasteiger partial charge in [0.05, 0.1) is 6.20 Å². The van der Waals surface area contributed by atoms with Crippen molar-refractivity contribution in [2.75, 3.05) is 16.9 Å². The van der Waals surface area contributed by atoms with Gasteiger partial charge in [-0.25, -0.2) is 15.2 Å². The minimum absolute atomic E-state index is 0.242. The molecule has 0 amide bonds. The number of piperidine rings is 1. The fraction of sp³-hybridized carbons (Fsp3) is 0.636. The lowest BCUT2D eigenvalue weighted by atomic mass is 9.95. The first-order valence-corrected chi connectivity index (χ1v) is 5.87. The molecule has 2 atom stereocenters. The van der Waals surface area contributed by atoms with E-state index in [1.807, 2.05) is 4.90 Å². The number of nitrogens with two attached hydrogens (primary N) is 1. The average molecular weight is 239 g/mol. The Hall–Kier alpha value is -1.43. The molecule has 1 aliphatic rings.